The molecular formula is C37H23N3. The van der Waals surface area contributed by atoms with Crippen LogP contribution in [0.5, 0.6) is 0 Å². The number of para-hydroxylation sites is 3. The van der Waals surface area contributed by atoms with E-state index >= 15 is 0 Å². The molecule has 0 saturated heterocycles. The Balaban J connectivity index is 1.27. The van der Waals surface area contributed by atoms with Crippen LogP contribution >= 0.6 is 0 Å². The maximum atomic E-state index is 9.47. The molecule has 3 nitrogen and oxygen atoms in total. The zero-order valence-corrected chi connectivity index (χ0v) is 21.6. The molecule has 0 atom stereocenters. The molecular weight excluding hydrogens is 486 g/mol. The molecule has 0 N–H and O–H groups in total. The first-order valence-electron chi connectivity index (χ1n) is 13.4. The van der Waals surface area contributed by atoms with Crippen molar-refractivity contribution in [2.75, 3.05) is 0 Å². The van der Waals surface area contributed by atoms with Crippen LogP contribution in [0.1, 0.15) is 5.56 Å². The van der Waals surface area contributed by atoms with Crippen LogP contribution in [0.15, 0.2) is 140 Å². The Morgan fingerprint density at radius 3 is 1.55 bits per heavy atom. The van der Waals surface area contributed by atoms with E-state index in [2.05, 4.69) is 137 Å². The van der Waals surface area contributed by atoms with Crippen molar-refractivity contribution in [3.05, 3.63) is 145 Å². The molecule has 0 radical (unpaired) electrons. The second kappa shape index (κ2) is 8.73. The second-order valence-corrected chi connectivity index (χ2v) is 10.2. The van der Waals surface area contributed by atoms with Crippen molar-refractivity contribution in [1.29, 1.82) is 5.26 Å². The van der Waals surface area contributed by atoms with E-state index in [1.165, 1.54) is 43.7 Å². The third kappa shape index (κ3) is 3.30. The van der Waals surface area contributed by atoms with Gasteiger partial charge in [-0.05, 0) is 71.8 Å². The molecule has 0 aliphatic rings. The van der Waals surface area contributed by atoms with Gasteiger partial charge in [0.15, 0.2) is 0 Å². The van der Waals surface area contributed by atoms with Crippen molar-refractivity contribution in [3.8, 4) is 28.6 Å². The van der Waals surface area contributed by atoms with Gasteiger partial charge in [0.25, 0.3) is 0 Å². The van der Waals surface area contributed by atoms with Crippen LogP contribution in [0.2, 0.25) is 0 Å². The first-order chi connectivity index (χ1) is 19.8. The van der Waals surface area contributed by atoms with Crippen LogP contribution in [0.3, 0.4) is 0 Å². The van der Waals surface area contributed by atoms with Crippen molar-refractivity contribution in [3.63, 3.8) is 0 Å². The third-order valence-corrected chi connectivity index (χ3v) is 7.94. The molecule has 0 spiro atoms. The molecule has 0 aliphatic carbocycles. The lowest BCUT2D eigenvalue weighted by molar-refractivity contribution is 1.18. The van der Waals surface area contributed by atoms with Crippen LogP contribution in [-0.2, 0) is 0 Å². The zero-order chi connectivity index (χ0) is 26.6. The number of fused-ring (bicyclic) bond motifs is 6. The van der Waals surface area contributed by atoms with Crippen molar-refractivity contribution >= 4 is 43.6 Å². The lowest BCUT2D eigenvalue weighted by Crippen LogP contribution is -1.94. The SMILES string of the molecule is N#Cc1cccc(-n2c3ccccc3c3cc(-c4ccc(-n5c6ccccc6c6ccccc65)cc4)ccc32)c1. The smallest absolute Gasteiger partial charge is 0.0992 e. The van der Waals surface area contributed by atoms with E-state index in [0.717, 1.165) is 22.4 Å². The van der Waals surface area contributed by atoms with E-state index in [1.807, 2.05) is 18.2 Å². The third-order valence-electron chi connectivity index (χ3n) is 7.94. The molecule has 0 saturated carbocycles. The van der Waals surface area contributed by atoms with Crippen LogP contribution in [0, 0.1) is 11.3 Å². The summed E-state index contributed by atoms with van der Waals surface area (Å²) in [5.41, 5.74) is 9.84. The summed E-state index contributed by atoms with van der Waals surface area (Å²) in [5, 5.41) is 14.4. The minimum Gasteiger partial charge on any atom is -0.309 e. The van der Waals surface area contributed by atoms with E-state index in [9.17, 15) is 5.26 Å². The minimum atomic E-state index is 0.656. The molecule has 0 aliphatic heterocycles. The first kappa shape index (κ1) is 22.4. The van der Waals surface area contributed by atoms with Crippen molar-refractivity contribution in [1.82, 2.24) is 9.13 Å². The minimum absolute atomic E-state index is 0.656. The van der Waals surface area contributed by atoms with Gasteiger partial charge in [-0.15, -0.1) is 0 Å². The van der Waals surface area contributed by atoms with Gasteiger partial charge in [-0.2, -0.15) is 5.26 Å². The molecule has 2 aromatic heterocycles. The van der Waals surface area contributed by atoms with E-state index < -0.39 is 0 Å². The molecule has 0 unspecified atom stereocenters. The van der Waals surface area contributed by atoms with Gasteiger partial charge in [0.1, 0.15) is 0 Å². The number of nitrogens with zero attached hydrogens (tertiary/aromatic N) is 3. The van der Waals surface area contributed by atoms with Gasteiger partial charge in [-0.1, -0.05) is 78.9 Å². The molecule has 40 heavy (non-hydrogen) atoms. The van der Waals surface area contributed by atoms with Gasteiger partial charge in [-0.25, -0.2) is 0 Å². The highest BCUT2D eigenvalue weighted by Gasteiger charge is 2.14. The summed E-state index contributed by atoms with van der Waals surface area (Å²) in [5.74, 6) is 0. The van der Waals surface area contributed by atoms with Crippen LogP contribution in [-0.4, -0.2) is 9.13 Å². The van der Waals surface area contributed by atoms with Crippen molar-refractivity contribution < 1.29 is 0 Å². The monoisotopic (exact) mass is 509 g/mol. The number of hydrogen-bond donors (Lipinski definition) is 0. The van der Waals surface area contributed by atoms with Crippen molar-refractivity contribution in [2.24, 2.45) is 0 Å². The molecule has 3 heteroatoms. The van der Waals surface area contributed by atoms with E-state index in [1.54, 1.807) is 0 Å². The maximum absolute atomic E-state index is 9.47. The van der Waals surface area contributed by atoms with Crippen LogP contribution in [0.25, 0.3) is 66.1 Å². The largest absolute Gasteiger partial charge is 0.309 e. The molecule has 2 heterocycles. The van der Waals surface area contributed by atoms with E-state index in [4.69, 9.17) is 0 Å². The predicted molar refractivity (Wildman–Crippen MR) is 165 cm³/mol. The average Bonchev–Trinajstić information content (AvgIpc) is 3.54. The molecule has 6 aromatic carbocycles. The summed E-state index contributed by atoms with van der Waals surface area (Å²) in [6, 6.07) is 51.3. The molecule has 0 fully saturated rings. The van der Waals surface area contributed by atoms with Gasteiger partial charge in [0, 0.05) is 32.9 Å². The Morgan fingerprint density at radius 2 is 0.925 bits per heavy atom. The number of aromatic nitrogens is 2. The number of nitriles is 1. The molecule has 186 valence electrons. The molecule has 8 aromatic rings. The van der Waals surface area contributed by atoms with Gasteiger partial charge in [0.2, 0.25) is 0 Å². The van der Waals surface area contributed by atoms with Crippen molar-refractivity contribution in [2.45, 2.75) is 0 Å². The number of benzene rings is 6. The fourth-order valence-corrected chi connectivity index (χ4v) is 6.15. The topological polar surface area (TPSA) is 33.6 Å². The Morgan fingerprint density at radius 1 is 0.400 bits per heavy atom. The second-order valence-electron chi connectivity index (χ2n) is 10.2. The molecule has 8 rings (SSSR count). The van der Waals surface area contributed by atoms with Gasteiger partial charge >= 0.3 is 0 Å². The number of rotatable bonds is 3. The van der Waals surface area contributed by atoms with Crippen LogP contribution in [0.4, 0.5) is 0 Å². The molecule has 0 amide bonds. The molecule has 0 bridgehead atoms. The van der Waals surface area contributed by atoms with E-state index in [-0.39, 0.29) is 0 Å². The van der Waals surface area contributed by atoms with Gasteiger partial charge in [0.05, 0.1) is 33.7 Å². The van der Waals surface area contributed by atoms with E-state index in [0.29, 0.717) is 5.56 Å². The fourth-order valence-electron chi connectivity index (χ4n) is 6.15. The summed E-state index contributed by atoms with van der Waals surface area (Å²) in [4.78, 5) is 0. The summed E-state index contributed by atoms with van der Waals surface area (Å²) < 4.78 is 4.60. The maximum Gasteiger partial charge on any atom is 0.0992 e. The Bertz CT molecular complexity index is 2220. The zero-order valence-electron chi connectivity index (χ0n) is 21.6. The number of hydrogen-bond acceptors (Lipinski definition) is 1. The fraction of sp³-hybridized carbons (Fsp3) is 0. The Kier molecular flexibility index (Phi) is 4.89. The highest BCUT2D eigenvalue weighted by atomic mass is 15.0. The Hall–Kier alpha value is -5.59. The Labute approximate surface area is 231 Å². The predicted octanol–water partition coefficient (Wildman–Crippen LogP) is 9.42. The highest BCUT2D eigenvalue weighted by Crippen LogP contribution is 2.36. The summed E-state index contributed by atoms with van der Waals surface area (Å²) >= 11 is 0. The summed E-state index contributed by atoms with van der Waals surface area (Å²) in [7, 11) is 0. The lowest BCUT2D eigenvalue weighted by Gasteiger charge is -2.10. The quantitative estimate of drug-likeness (QED) is 0.233. The summed E-state index contributed by atoms with van der Waals surface area (Å²) in [6.45, 7) is 0. The van der Waals surface area contributed by atoms with Gasteiger partial charge in [-0.3, -0.25) is 0 Å². The highest BCUT2D eigenvalue weighted by molar-refractivity contribution is 6.11. The standard InChI is InChI=1S/C37H23N3/c38-24-25-8-7-9-29(22-25)40-36-15-6-3-12-32(36)33-23-27(18-21-37(33)40)26-16-19-28(20-17-26)39-34-13-4-1-10-30(34)31-11-2-5-14-35(31)39/h1-23H. The normalized spacial score (nSPS) is 11.5. The first-order valence-corrected chi connectivity index (χ1v) is 13.4. The van der Waals surface area contributed by atoms with Crippen LogP contribution < -0.4 is 0 Å². The average molecular weight is 510 g/mol. The lowest BCUT2D eigenvalue weighted by atomic mass is 10.0. The van der Waals surface area contributed by atoms with Gasteiger partial charge < -0.3 is 9.13 Å². The summed E-state index contributed by atoms with van der Waals surface area (Å²) in [6.07, 6.45) is 0.